The van der Waals surface area contributed by atoms with E-state index in [4.69, 9.17) is 14.6 Å². The molecule has 1 aliphatic rings. The molecule has 1 aromatic rings. The molecular formula is C14H15FO3. The van der Waals surface area contributed by atoms with Gasteiger partial charge in [0, 0.05) is 12.8 Å². The van der Waals surface area contributed by atoms with Crippen molar-refractivity contribution in [2.75, 3.05) is 19.8 Å². The molecule has 1 saturated heterocycles. The zero-order chi connectivity index (χ0) is 12.8. The fraction of sp³-hybridized carbons (Fsp3) is 0.429. The Morgan fingerprint density at radius 1 is 1.39 bits per heavy atom. The first kappa shape index (κ1) is 12.9. The van der Waals surface area contributed by atoms with Crippen LogP contribution in [0.3, 0.4) is 0 Å². The number of hydrogen-bond acceptors (Lipinski definition) is 3. The second kappa shape index (κ2) is 6.39. The van der Waals surface area contributed by atoms with Gasteiger partial charge < -0.3 is 14.6 Å². The summed E-state index contributed by atoms with van der Waals surface area (Å²) in [5.74, 6) is 5.40. The largest absolute Gasteiger partial charge is 0.489 e. The Morgan fingerprint density at radius 3 is 2.89 bits per heavy atom. The Bertz CT molecular complexity index is 456. The molecule has 0 saturated carbocycles. The Hall–Kier alpha value is -1.57. The van der Waals surface area contributed by atoms with Crippen molar-refractivity contribution in [1.29, 1.82) is 0 Å². The summed E-state index contributed by atoms with van der Waals surface area (Å²) >= 11 is 0. The van der Waals surface area contributed by atoms with E-state index in [0.29, 0.717) is 24.5 Å². The lowest BCUT2D eigenvalue weighted by Gasteiger charge is -2.23. The van der Waals surface area contributed by atoms with Crippen LogP contribution in [0.2, 0.25) is 0 Å². The second-order valence-electron chi connectivity index (χ2n) is 4.03. The van der Waals surface area contributed by atoms with E-state index < -0.39 is 0 Å². The van der Waals surface area contributed by atoms with E-state index >= 15 is 0 Å². The maximum Gasteiger partial charge on any atom is 0.135 e. The summed E-state index contributed by atoms with van der Waals surface area (Å²) < 4.78 is 24.2. The quantitative estimate of drug-likeness (QED) is 0.812. The fourth-order valence-electron chi connectivity index (χ4n) is 1.81. The molecule has 18 heavy (non-hydrogen) atoms. The summed E-state index contributed by atoms with van der Waals surface area (Å²) in [6, 6.07) is 4.24. The normalized spacial score (nSPS) is 15.9. The molecule has 0 radical (unpaired) electrons. The van der Waals surface area contributed by atoms with Crippen molar-refractivity contribution in [3.05, 3.63) is 29.6 Å². The van der Waals surface area contributed by atoms with Crippen molar-refractivity contribution in [2.24, 2.45) is 0 Å². The van der Waals surface area contributed by atoms with E-state index in [1.165, 1.54) is 12.1 Å². The van der Waals surface area contributed by atoms with Gasteiger partial charge in [0.15, 0.2) is 0 Å². The lowest BCUT2D eigenvalue weighted by Crippen LogP contribution is -2.26. The number of rotatable bonds is 2. The molecule has 0 unspecified atom stereocenters. The molecule has 1 aromatic carbocycles. The van der Waals surface area contributed by atoms with Gasteiger partial charge in [0.1, 0.15) is 24.3 Å². The van der Waals surface area contributed by atoms with Gasteiger partial charge >= 0.3 is 0 Å². The van der Waals surface area contributed by atoms with E-state index in [9.17, 15) is 4.39 Å². The Balaban J connectivity index is 2.15. The van der Waals surface area contributed by atoms with E-state index in [1.54, 1.807) is 6.07 Å². The summed E-state index contributed by atoms with van der Waals surface area (Å²) in [5.41, 5.74) is 0.468. The van der Waals surface area contributed by atoms with E-state index in [2.05, 4.69) is 11.8 Å². The molecule has 0 atom stereocenters. The van der Waals surface area contributed by atoms with Crippen LogP contribution in [0, 0.1) is 17.7 Å². The molecule has 0 aliphatic carbocycles. The first-order valence-electron chi connectivity index (χ1n) is 5.93. The Morgan fingerprint density at radius 2 is 2.17 bits per heavy atom. The lowest BCUT2D eigenvalue weighted by atomic mass is 10.1. The van der Waals surface area contributed by atoms with Crippen molar-refractivity contribution in [3.8, 4) is 17.6 Å². The summed E-state index contributed by atoms with van der Waals surface area (Å²) in [4.78, 5) is 0. The topological polar surface area (TPSA) is 38.7 Å². The van der Waals surface area contributed by atoms with Crippen LogP contribution in [-0.2, 0) is 4.74 Å². The summed E-state index contributed by atoms with van der Waals surface area (Å²) in [5, 5.41) is 8.68. The molecule has 0 aromatic heterocycles. The third-order valence-corrected chi connectivity index (χ3v) is 2.71. The highest BCUT2D eigenvalue weighted by atomic mass is 19.1. The molecule has 96 valence electrons. The second-order valence-corrected chi connectivity index (χ2v) is 4.03. The zero-order valence-corrected chi connectivity index (χ0v) is 9.99. The van der Waals surface area contributed by atoms with Gasteiger partial charge in [-0.2, -0.15) is 0 Å². The molecule has 1 heterocycles. The number of halogens is 1. The third-order valence-electron chi connectivity index (χ3n) is 2.71. The van der Waals surface area contributed by atoms with Crippen LogP contribution in [0.25, 0.3) is 0 Å². The minimum atomic E-state index is -0.364. The molecule has 0 spiro atoms. The Labute approximate surface area is 106 Å². The average molecular weight is 250 g/mol. The van der Waals surface area contributed by atoms with Gasteiger partial charge in [-0.15, -0.1) is 0 Å². The number of aliphatic hydroxyl groups is 1. The molecule has 4 heteroatoms. The maximum absolute atomic E-state index is 13.1. The predicted molar refractivity (Wildman–Crippen MR) is 64.8 cm³/mol. The van der Waals surface area contributed by atoms with Crippen LogP contribution in [0.4, 0.5) is 4.39 Å². The van der Waals surface area contributed by atoms with Gasteiger partial charge in [-0.3, -0.25) is 0 Å². The lowest BCUT2D eigenvalue weighted by molar-refractivity contribution is 0.0254. The minimum Gasteiger partial charge on any atom is -0.489 e. The van der Waals surface area contributed by atoms with Gasteiger partial charge in [-0.1, -0.05) is 11.8 Å². The summed E-state index contributed by atoms with van der Waals surface area (Å²) in [6.45, 7) is 1.11. The predicted octanol–water partition coefficient (Wildman–Crippen LogP) is 1.73. The highest BCUT2D eigenvalue weighted by Gasteiger charge is 2.16. The van der Waals surface area contributed by atoms with Crippen molar-refractivity contribution in [3.63, 3.8) is 0 Å². The number of ether oxygens (including phenoxy) is 2. The van der Waals surface area contributed by atoms with Crippen LogP contribution in [0.15, 0.2) is 18.2 Å². The molecule has 0 bridgehead atoms. The summed E-state index contributed by atoms with van der Waals surface area (Å²) in [6.07, 6.45) is 1.73. The van der Waals surface area contributed by atoms with Crippen molar-refractivity contribution in [2.45, 2.75) is 18.9 Å². The number of benzene rings is 1. The highest BCUT2D eigenvalue weighted by Crippen LogP contribution is 2.23. The Kier molecular flexibility index (Phi) is 4.57. The molecule has 1 aliphatic heterocycles. The molecule has 3 nitrogen and oxygen atoms in total. The van der Waals surface area contributed by atoms with Crippen LogP contribution < -0.4 is 4.74 Å². The van der Waals surface area contributed by atoms with Gasteiger partial charge in [0.2, 0.25) is 0 Å². The third kappa shape index (κ3) is 3.46. The highest BCUT2D eigenvalue weighted by molar-refractivity contribution is 5.46. The molecule has 1 fully saturated rings. The molecule has 0 amide bonds. The smallest absolute Gasteiger partial charge is 0.135 e. The molecular weight excluding hydrogens is 235 g/mol. The monoisotopic (exact) mass is 250 g/mol. The van der Waals surface area contributed by atoms with Crippen LogP contribution in [0.1, 0.15) is 18.4 Å². The van der Waals surface area contributed by atoms with Gasteiger partial charge in [0.25, 0.3) is 0 Å². The minimum absolute atomic E-state index is 0.0823. The standard InChI is InChI=1S/C14H15FO3/c15-12-3-4-14(11(10-12)2-1-7-16)18-13-5-8-17-9-6-13/h3-4,10,13,16H,5-9H2. The van der Waals surface area contributed by atoms with E-state index in [0.717, 1.165) is 12.8 Å². The van der Waals surface area contributed by atoms with Crippen molar-refractivity contribution in [1.82, 2.24) is 0 Å². The molecule has 2 rings (SSSR count). The fourth-order valence-corrected chi connectivity index (χ4v) is 1.81. The maximum atomic E-state index is 13.1. The van der Waals surface area contributed by atoms with Crippen LogP contribution in [0.5, 0.6) is 5.75 Å². The average Bonchev–Trinajstić information content (AvgIpc) is 2.40. The van der Waals surface area contributed by atoms with Crippen LogP contribution in [-0.4, -0.2) is 31.0 Å². The van der Waals surface area contributed by atoms with Crippen molar-refractivity contribution >= 4 is 0 Å². The van der Waals surface area contributed by atoms with Gasteiger partial charge in [0.05, 0.1) is 18.8 Å². The number of aliphatic hydroxyl groups excluding tert-OH is 1. The van der Waals surface area contributed by atoms with Gasteiger partial charge in [-0.05, 0) is 18.2 Å². The van der Waals surface area contributed by atoms with Crippen LogP contribution >= 0.6 is 0 Å². The summed E-state index contributed by atoms with van der Waals surface area (Å²) in [7, 11) is 0. The van der Waals surface area contributed by atoms with E-state index in [-0.39, 0.29) is 18.5 Å². The number of hydrogen-bond donors (Lipinski definition) is 1. The van der Waals surface area contributed by atoms with Gasteiger partial charge in [-0.25, -0.2) is 4.39 Å². The van der Waals surface area contributed by atoms with Crippen molar-refractivity contribution < 1.29 is 19.0 Å². The molecule has 1 N–H and O–H groups in total. The SMILES string of the molecule is OCC#Cc1cc(F)ccc1OC1CCOCC1. The first-order valence-corrected chi connectivity index (χ1v) is 5.93. The first-order chi connectivity index (χ1) is 8.79. The van der Waals surface area contributed by atoms with E-state index in [1.807, 2.05) is 0 Å². The zero-order valence-electron chi connectivity index (χ0n) is 9.99.